The molecule has 4 heterocycles. The zero-order valence-corrected chi connectivity index (χ0v) is 18.4. The van der Waals surface area contributed by atoms with Crippen LogP contribution in [0.3, 0.4) is 0 Å². The number of halogens is 1. The summed E-state index contributed by atoms with van der Waals surface area (Å²) in [6.45, 7) is 7.60. The highest BCUT2D eigenvalue weighted by molar-refractivity contribution is 6.33. The van der Waals surface area contributed by atoms with Crippen LogP contribution in [0, 0.1) is 6.92 Å². The van der Waals surface area contributed by atoms with Gasteiger partial charge in [-0.1, -0.05) is 29.8 Å². The van der Waals surface area contributed by atoms with Gasteiger partial charge in [-0.05, 0) is 38.9 Å². The topological polar surface area (TPSA) is 46.4 Å². The maximum Gasteiger partial charge on any atom is 0.146 e. The molecule has 6 nitrogen and oxygen atoms in total. The van der Waals surface area contributed by atoms with Gasteiger partial charge in [-0.2, -0.15) is 0 Å². The van der Waals surface area contributed by atoms with E-state index in [9.17, 15) is 0 Å². The minimum atomic E-state index is 0.345. The average Bonchev–Trinajstić information content (AvgIpc) is 3.13. The molecule has 0 bridgehead atoms. The first-order valence-electron chi connectivity index (χ1n) is 10.8. The van der Waals surface area contributed by atoms with E-state index in [4.69, 9.17) is 26.3 Å². The molecule has 2 aromatic heterocycles. The van der Waals surface area contributed by atoms with Crippen LogP contribution in [0.25, 0.3) is 22.3 Å². The smallest absolute Gasteiger partial charge is 0.146 e. The standard InChI is InChI=1S/C23H28ClN5O/c1-16-25-22(28-11-9-27(2)10-12-28)19-15-21(18-5-3-4-6-20(18)24)29(23(19)26-16)17-7-13-30-14-8-17/h3-6,15,17H,7-14H2,1-2H3. The molecule has 0 amide bonds. The van der Waals surface area contributed by atoms with Gasteiger partial charge in [0.25, 0.3) is 0 Å². The Morgan fingerprint density at radius 1 is 1.03 bits per heavy atom. The number of ether oxygens (including phenoxy) is 1. The summed E-state index contributed by atoms with van der Waals surface area (Å²) in [7, 11) is 2.18. The van der Waals surface area contributed by atoms with Gasteiger partial charge in [0.1, 0.15) is 17.3 Å². The molecule has 7 heteroatoms. The molecule has 2 saturated heterocycles. The molecule has 0 spiro atoms. The molecule has 1 aromatic carbocycles. The summed E-state index contributed by atoms with van der Waals surface area (Å²) < 4.78 is 8.04. The lowest BCUT2D eigenvalue weighted by Gasteiger charge is -2.33. The second-order valence-corrected chi connectivity index (χ2v) is 8.75. The van der Waals surface area contributed by atoms with Gasteiger partial charge in [0.2, 0.25) is 0 Å². The van der Waals surface area contributed by atoms with E-state index in [1.807, 2.05) is 25.1 Å². The first-order chi connectivity index (χ1) is 14.6. The van der Waals surface area contributed by atoms with Crippen LogP contribution in [-0.2, 0) is 4.74 Å². The summed E-state index contributed by atoms with van der Waals surface area (Å²) in [5.41, 5.74) is 3.18. The molecule has 0 radical (unpaired) electrons. The predicted octanol–water partition coefficient (Wildman–Crippen LogP) is 4.16. The number of hydrogen-bond acceptors (Lipinski definition) is 5. The second kappa shape index (κ2) is 8.17. The number of anilines is 1. The van der Waals surface area contributed by atoms with Crippen molar-refractivity contribution in [2.24, 2.45) is 0 Å². The fraction of sp³-hybridized carbons (Fsp3) is 0.478. The first-order valence-corrected chi connectivity index (χ1v) is 11.2. The summed E-state index contributed by atoms with van der Waals surface area (Å²) in [5.74, 6) is 1.86. The number of aryl methyl sites for hydroxylation is 1. The number of hydrogen-bond donors (Lipinski definition) is 0. The lowest BCUT2D eigenvalue weighted by atomic mass is 10.1. The molecule has 0 aliphatic carbocycles. The number of piperazine rings is 1. The number of benzene rings is 1. The molecular weight excluding hydrogens is 398 g/mol. The lowest BCUT2D eigenvalue weighted by molar-refractivity contribution is 0.0710. The molecule has 30 heavy (non-hydrogen) atoms. The van der Waals surface area contributed by atoms with Crippen molar-refractivity contribution < 1.29 is 4.74 Å². The number of fused-ring (bicyclic) bond motifs is 1. The van der Waals surface area contributed by atoms with Crippen LogP contribution in [0.1, 0.15) is 24.7 Å². The quantitative estimate of drug-likeness (QED) is 0.630. The van der Waals surface area contributed by atoms with E-state index in [1.165, 1.54) is 0 Å². The van der Waals surface area contributed by atoms with Crippen molar-refractivity contribution in [3.05, 3.63) is 41.2 Å². The molecule has 5 rings (SSSR count). The lowest BCUT2D eigenvalue weighted by Crippen LogP contribution is -2.45. The minimum absolute atomic E-state index is 0.345. The van der Waals surface area contributed by atoms with Crippen molar-refractivity contribution >= 4 is 28.5 Å². The molecule has 0 unspecified atom stereocenters. The maximum absolute atomic E-state index is 6.64. The first kappa shape index (κ1) is 19.8. The normalized spacial score (nSPS) is 19.0. The monoisotopic (exact) mass is 425 g/mol. The number of rotatable bonds is 3. The highest BCUT2D eigenvalue weighted by Gasteiger charge is 2.27. The Labute approximate surface area is 182 Å². The molecule has 2 aliphatic heterocycles. The van der Waals surface area contributed by atoms with E-state index in [0.717, 1.165) is 91.2 Å². The average molecular weight is 426 g/mol. The van der Waals surface area contributed by atoms with Crippen molar-refractivity contribution in [3.63, 3.8) is 0 Å². The highest BCUT2D eigenvalue weighted by Crippen LogP contribution is 2.39. The number of nitrogens with zero attached hydrogens (tertiary/aromatic N) is 5. The van der Waals surface area contributed by atoms with Crippen LogP contribution in [0.15, 0.2) is 30.3 Å². The molecule has 0 saturated carbocycles. The molecule has 3 aromatic rings. The third-order valence-electron chi connectivity index (χ3n) is 6.29. The van der Waals surface area contributed by atoms with Crippen LogP contribution in [0.5, 0.6) is 0 Å². The van der Waals surface area contributed by atoms with Gasteiger partial charge in [-0.3, -0.25) is 0 Å². The van der Waals surface area contributed by atoms with Gasteiger partial charge in [-0.25, -0.2) is 9.97 Å². The number of likely N-dealkylation sites (N-methyl/N-ethyl adjacent to an activating group) is 1. The van der Waals surface area contributed by atoms with Crippen molar-refractivity contribution in [2.75, 3.05) is 51.3 Å². The molecule has 0 N–H and O–H groups in total. The van der Waals surface area contributed by atoms with Crippen LogP contribution in [0.2, 0.25) is 5.02 Å². The minimum Gasteiger partial charge on any atom is -0.381 e. The van der Waals surface area contributed by atoms with E-state index < -0.39 is 0 Å². The highest BCUT2D eigenvalue weighted by atomic mass is 35.5. The molecule has 0 atom stereocenters. The van der Waals surface area contributed by atoms with Crippen molar-refractivity contribution in [2.45, 2.75) is 25.8 Å². The van der Waals surface area contributed by atoms with E-state index in [-0.39, 0.29) is 0 Å². The van der Waals surface area contributed by atoms with Gasteiger partial charge >= 0.3 is 0 Å². The van der Waals surface area contributed by atoms with Gasteiger partial charge in [0.05, 0.1) is 11.1 Å². The zero-order valence-electron chi connectivity index (χ0n) is 17.6. The molecular formula is C23H28ClN5O. The summed E-state index contributed by atoms with van der Waals surface area (Å²) in [6.07, 6.45) is 1.96. The zero-order chi connectivity index (χ0) is 20.7. The van der Waals surface area contributed by atoms with Gasteiger partial charge in [0, 0.05) is 56.0 Å². The van der Waals surface area contributed by atoms with Crippen molar-refractivity contribution in [1.29, 1.82) is 0 Å². The van der Waals surface area contributed by atoms with Gasteiger partial charge < -0.3 is 19.1 Å². The Hall–Kier alpha value is -2.15. The van der Waals surface area contributed by atoms with Crippen LogP contribution in [0.4, 0.5) is 5.82 Å². The fourth-order valence-electron chi connectivity index (χ4n) is 4.63. The Morgan fingerprint density at radius 3 is 2.50 bits per heavy atom. The van der Waals surface area contributed by atoms with Crippen LogP contribution in [-0.4, -0.2) is 65.9 Å². The van der Waals surface area contributed by atoms with E-state index in [2.05, 4.69) is 33.5 Å². The van der Waals surface area contributed by atoms with Crippen LogP contribution >= 0.6 is 11.6 Å². The Balaban J connectivity index is 1.72. The Morgan fingerprint density at radius 2 is 1.77 bits per heavy atom. The Bertz CT molecular complexity index is 1050. The predicted molar refractivity (Wildman–Crippen MR) is 122 cm³/mol. The van der Waals surface area contributed by atoms with Gasteiger partial charge in [0.15, 0.2) is 0 Å². The van der Waals surface area contributed by atoms with E-state index >= 15 is 0 Å². The fourth-order valence-corrected chi connectivity index (χ4v) is 4.87. The third-order valence-corrected chi connectivity index (χ3v) is 6.62. The van der Waals surface area contributed by atoms with E-state index in [1.54, 1.807) is 0 Å². The summed E-state index contributed by atoms with van der Waals surface area (Å²) >= 11 is 6.64. The number of aromatic nitrogens is 3. The SMILES string of the molecule is Cc1nc(N2CCN(C)CC2)c2cc(-c3ccccc3Cl)n(C3CCOCC3)c2n1. The maximum atomic E-state index is 6.64. The van der Waals surface area contributed by atoms with Gasteiger partial charge in [-0.15, -0.1) is 0 Å². The van der Waals surface area contributed by atoms with Crippen molar-refractivity contribution in [3.8, 4) is 11.3 Å². The summed E-state index contributed by atoms with van der Waals surface area (Å²) in [5, 5.41) is 1.88. The molecule has 2 fully saturated rings. The largest absolute Gasteiger partial charge is 0.381 e. The summed E-state index contributed by atoms with van der Waals surface area (Å²) in [6, 6.07) is 10.7. The second-order valence-electron chi connectivity index (χ2n) is 8.35. The molecule has 158 valence electrons. The molecule has 2 aliphatic rings. The summed E-state index contributed by atoms with van der Waals surface area (Å²) in [4.78, 5) is 14.6. The Kier molecular flexibility index (Phi) is 5.39. The third kappa shape index (κ3) is 3.57. The van der Waals surface area contributed by atoms with E-state index in [0.29, 0.717) is 6.04 Å². The van der Waals surface area contributed by atoms with Crippen molar-refractivity contribution in [1.82, 2.24) is 19.4 Å². The van der Waals surface area contributed by atoms with Crippen LogP contribution < -0.4 is 4.90 Å².